The minimum absolute atomic E-state index is 0.0301. The molecule has 3 rings (SSSR count). The molecule has 16 heavy (non-hydrogen) atoms. The fraction of sp³-hybridized carbons (Fsp3) is 0.846. The summed E-state index contributed by atoms with van der Waals surface area (Å²) in [6.07, 6.45) is 2.32. The van der Waals surface area contributed by atoms with Gasteiger partial charge >= 0.3 is 5.97 Å². The fourth-order valence-corrected chi connectivity index (χ4v) is 3.87. The van der Waals surface area contributed by atoms with Crippen molar-refractivity contribution in [2.24, 2.45) is 21.7 Å². The van der Waals surface area contributed by atoms with Crippen LogP contribution in [-0.2, 0) is 9.53 Å². The van der Waals surface area contributed by atoms with E-state index in [0.29, 0.717) is 5.92 Å². The van der Waals surface area contributed by atoms with Gasteiger partial charge in [-0.3, -0.25) is 4.99 Å². The first kappa shape index (κ1) is 10.3. The van der Waals surface area contributed by atoms with Gasteiger partial charge in [-0.05, 0) is 25.2 Å². The Morgan fingerprint density at radius 2 is 2.06 bits per heavy atom. The third-order valence-electron chi connectivity index (χ3n) is 5.42. The Morgan fingerprint density at radius 1 is 1.38 bits per heavy atom. The van der Waals surface area contributed by atoms with Gasteiger partial charge in [0.05, 0.1) is 5.71 Å². The third kappa shape index (κ3) is 0.910. The Bertz CT molecular complexity index is 399. The molecule has 0 aromatic heterocycles. The second-order valence-corrected chi connectivity index (χ2v) is 6.25. The minimum Gasteiger partial charge on any atom is -0.454 e. The van der Waals surface area contributed by atoms with Crippen molar-refractivity contribution in [3.8, 4) is 0 Å². The van der Waals surface area contributed by atoms with Crippen LogP contribution in [0.5, 0.6) is 0 Å². The number of esters is 1. The first-order valence-electron chi connectivity index (χ1n) is 6.16. The average Bonchev–Trinajstić information content (AvgIpc) is 2.50. The standard InChI is InChI=1S/C13H19NO2/c1-7-11(15)16-9-8-5-6-13(4,10(9)14-7)12(8,2)3/h7-9H,5-6H2,1-4H3/t7-,8+,9+,13-/m0/s1. The van der Waals surface area contributed by atoms with Gasteiger partial charge in [0.25, 0.3) is 0 Å². The monoisotopic (exact) mass is 221 g/mol. The molecule has 0 aromatic rings. The molecule has 0 spiro atoms. The normalized spacial score (nSPS) is 48.6. The van der Waals surface area contributed by atoms with Crippen LogP contribution in [0.3, 0.4) is 0 Å². The molecular weight excluding hydrogens is 202 g/mol. The van der Waals surface area contributed by atoms with E-state index in [1.54, 1.807) is 0 Å². The van der Waals surface area contributed by atoms with E-state index in [0.717, 1.165) is 12.1 Å². The van der Waals surface area contributed by atoms with E-state index in [1.165, 1.54) is 6.42 Å². The first-order chi connectivity index (χ1) is 7.38. The van der Waals surface area contributed by atoms with Crippen LogP contribution >= 0.6 is 0 Å². The maximum absolute atomic E-state index is 11.6. The molecule has 2 aliphatic carbocycles. The quantitative estimate of drug-likeness (QED) is 0.588. The molecule has 0 aromatic carbocycles. The van der Waals surface area contributed by atoms with Gasteiger partial charge in [0.2, 0.25) is 0 Å². The van der Waals surface area contributed by atoms with Crippen molar-refractivity contribution in [2.75, 3.05) is 0 Å². The molecule has 4 atom stereocenters. The summed E-state index contributed by atoms with van der Waals surface area (Å²) in [6.45, 7) is 8.71. The molecular formula is C13H19NO2. The largest absolute Gasteiger partial charge is 0.454 e. The predicted molar refractivity (Wildman–Crippen MR) is 61.4 cm³/mol. The zero-order valence-electron chi connectivity index (χ0n) is 10.4. The molecule has 1 aliphatic heterocycles. The Hall–Kier alpha value is -0.860. The molecule has 0 saturated heterocycles. The van der Waals surface area contributed by atoms with Crippen LogP contribution in [0.25, 0.3) is 0 Å². The highest BCUT2D eigenvalue weighted by atomic mass is 16.5. The van der Waals surface area contributed by atoms with Crippen LogP contribution in [0, 0.1) is 16.7 Å². The second kappa shape index (κ2) is 2.69. The lowest BCUT2D eigenvalue weighted by atomic mass is 9.70. The number of carbonyl (C=O) groups is 1. The fourth-order valence-electron chi connectivity index (χ4n) is 3.87. The molecule has 0 unspecified atom stereocenters. The highest BCUT2D eigenvalue weighted by Crippen LogP contribution is 2.65. The lowest BCUT2D eigenvalue weighted by molar-refractivity contribution is -0.150. The molecule has 1 heterocycles. The number of nitrogens with zero attached hydrogens (tertiary/aromatic N) is 1. The molecule has 3 heteroatoms. The molecule has 3 aliphatic rings. The zero-order chi connectivity index (χ0) is 11.7. The van der Waals surface area contributed by atoms with Crippen molar-refractivity contribution in [3.63, 3.8) is 0 Å². The SMILES string of the molecule is C[C@@H]1N=C2[C@H](OC1=O)[C@H]1CC[C@]2(C)C1(C)C. The zero-order valence-corrected chi connectivity index (χ0v) is 10.4. The maximum atomic E-state index is 11.6. The number of ether oxygens (including phenoxy) is 1. The van der Waals surface area contributed by atoms with Gasteiger partial charge in [0, 0.05) is 11.3 Å². The van der Waals surface area contributed by atoms with Crippen molar-refractivity contribution in [1.82, 2.24) is 0 Å². The molecule has 2 saturated carbocycles. The van der Waals surface area contributed by atoms with Crippen LogP contribution < -0.4 is 0 Å². The smallest absolute Gasteiger partial charge is 0.331 e. The van der Waals surface area contributed by atoms with E-state index < -0.39 is 0 Å². The van der Waals surface area contributed by atoms with Crippen LogP contribution in [0.1, 0.15) is 40.5 Å². The molecule has 0 N–H and O–H groups in total. The van der Waals surface area contributed by atoms with Gasteiger partial charge in [-0.1, -0.05) is 20.8 Å². The summed E-state index contributed by atoms with van der Waals surface area (Å²) in [5.74, 6) is 0.313. The van der Waals surface area contributed by atoms with E-state index in [9.17, 15) is 4.79 Å². The van der Waals surface area contributed by atoms with Gasteiger partial charge in [-0.25, -0.2) is 4.79 Å². The summed E-state index contributed by atoms with van der Waals surface area (Å²) in [5.41, 5.74) is 1.50. The van der Waals surface area contributed by atoms with Gasteiger partial charge in [0.15, 0.2) is 0 Å². The summed E-state index contributed by atoms with van der Waals surface area (Å²) in [5, 5.41) is 0. The number of hydrogen-bond acceptors (Lipinski definition) is 3. The minimum atomic E-state index is -0.307. The predicted octanol–water partition coefficient (Wildman–Crippen LogP) is 2.20. The Labute approximate surface area is 96.3 Å². The first-order valence-corrected chi connectivity index (χ1v) is 6.16. The maximum Gasteiger partial charge on any atom is 0.331 e. The van der Waals surface area contributed by atoms with Crippen LogP contribution in [0.4, 0.5) is 0 Å². The van der Waals surface area contributed by atoms with Crippen LogP contribution in [0.2, 0.25) is 0 Å². The summed E-state index contributed by atoms with van der Waals surface area (Å²) in [7, 11) is 0. The Kier molecular flexibility index (Phi) is 1.73. The van der Waals surface area contributed by atoms with Crippen molar-refractivity contribution < 1.29 is 9.53 Å². The van der Waals surface area contributed by atoms with Crippen LogP contribution in [0.15, 0.2) is 4.99 Å². The third-order valence-corrected chi connectivity index (χ3v) is 5.42. The lowest BCUT2D eigenvalue weighted by Gasteiger charge is -2.35. The van der Waals surface area contributed by atoms with E-state index >= 15 is 0 Å². The molecule has 2 fully saturated rings. The summed E-state index contributed by atoms with van der Waals surface area (Å²) < 4.78 is 5.59. The van der Waals surface area contributed by atoms with Gasteiger partial charge < -0.3 is 4.74 Å². The number of carbonyl (C=O) groups excluding carboxylic acids is 1. The van der Waals surface area contributed by atoms with Crippen molar-refractivity contribution in [2.45, 2.75) is 52.7 Å². The number of hydrogen-bond donors (Lipinski definition) is 0. The molecule has 88 valence electrons. The summed E-state index contributed by atoms with van der Waals surface area (Å²) >= 11 is 0. The molecule has 0 radical (unpaired) electrons. The highest BCUT2D eigenvalue weighted by molar-refractivity contribution is 6.02. The topological polar surface area (TPSA) is 38.7 Å². The van der Waals surface area contributed by atoms with Crippen LogP contribution in [-0.4, -0.2) is 23.8 Å². The molecule has 0 amide bonds. The Balaban J connectivity index is 2.13. The Morgan fingerprint density at radius 3 is 2.75 bits per heavy atom. The number of rotatable bonds is 0. The lowest BCUT2D eigenvalue weighted by Crippen LogP contribution is -2.43. The summed E-state index contributed by atoms with van der Waals surface area (Å²) in [4.78, 5) is 16.2. The average molecular weight is 221 g/mol. The molecule has 3 nitrogen and oxygen atoms in total. The van der Waals surface area contributed by atoms with Crippen molar-refractivity contribution in [1.29, 1.82) is 0 Å². The van der Waals surface area contributed by atoms with E-state index in [1.807, 2.05) is 6.92 Å². The summed E-state index contributed by atoms with van der Waals surface area (Å²) in [6, 6.07) is -0.307. The van der Waals surface area contributed by atoms with Gasteiger partial charge in [-0.15, -0.1) is 0 Å². The highest BCUT2D eigenvalue weighted by Gasteiger charge is 2.67. The van der Waals surface area contributed by atoms with Crippen molar-refractivity contribution in [3.05, 3.63) is 0 Å². The van der Waals surface area contributed by atoms with Crippen molar-refractivity contribution >= 4 is 11.7 Å². The van der Waals surface area contributed by atoms with Gasteiger partial charge in [-0.2, -0.15) is 0 Å². The van der Waals surface area contributed by atoms with E-state index in [2.05, 4.69) is 25.8 Å². The second-order valence-electron chi connectivity index (χ2n) is 6.25. The number of aliphatic imine (C=N–C) groups is 1. The van der Waals surface area contributed by atoms with E-state index in [-0.39, 0.29) is 28.9 Å². The molecule has 2 bridgehead atoms. The van der Waals surface area contributed by atoms with Gasteiger partial charge in [0.1, 0.15) is 12.1 Å². The number of fused-ring (bicyclic) bond motifs is 5. The van der Waals surface area contributed by atoms with E-state index in [4.69, 9.17) is 4.74 Å².